The molecule has 126 valence electrons. The fourth-order valence-corrected chi connectivity index (χ4v) is 2.47. The molecule has 3 aromatic rings. The Hall–Kier alpha value is -3.68. The van der Waals surface area contributed by atoms with Gasteiger partial charge in [-0.2, -0.15) is 0 Å². The minimum Gasteiger partial charge on any atom is -0.507 e. The van der Waals surface area contributed by atoms with E-state index in [2.05, 4.69) is 10.2 Å². The monoisotopic (exact) mass is 339 g/mol. The lowest BCUT2D eigenvalue weighted by Gasteiger charge is -2.02. The molecule has 3 N–H and O–H groups in total. The fraction of sp³-hybridized carbons (Fsp3) is 0.0588. The van der Waals surface area contributed by atoms with Crippen LogP contribution in [0.1, 0.15) is 10.4 Å². The number of carbonyl (C=O) groups is 2. The van der Waals surface area contributed by atoms with Crippen molar-refractivity contribution in [3.63, 3.8) is 0 Å². The molecular formula is C17H13N3O5. The summed E-state index contributed by atoms with van der Waals surface area (Å²) in [6.07, 6.45) is 0. The number of rotatable bonds is 4. The highest BCUT2D eigenvalue weighted by Crippen LogP contribution is 2.38. The van der Waals surface area contributed by atoms with E-state index in [1.807, 2.05) is 0 Å². The third kappa shape index (κ3) is 3.05. The van der Waals surface area contributed by atoms with Crippen molar-refractivity contribution in [3.05, 3.63) is 54.1 Å². The third-order valence-corrected chi connectivity index (χ3v) is 3.59. The molecule has 8 heteroatoms. The van der Waals surface area contributed by atoms with Crippen molar-refractivity contribution in [2.75, 3.05) is 0 Å². The van der Waals surface area contributed by atoms with Gasteiger partial charge in [0.05, 0.1) is 11.1 Å². The maximum absolute atomic E-state index is 12.1. The second kappa shape index (κ2) is 6.44. The molecule has 0 atom stereocenters. The van der Waals surface area contributed by atoms with Crippen LogP contribution in [0.2, 0.25) is 0 Å². The number of benzene rings is 2. The lowest BCUT2D eigenvalue weighted by Crippen LogP contribution is -2.07. The van der Waals surface area contributed by atoms with E-state index in [0.29, 0.717) is 10.9 Å². The fourth-order valence-electron chi connectivity index (χ4n) is 2.47. The van der Waals surface area contributed by atoms with E-state index < -0.39 is 24.3 Å². The van der Waals surface area contributed by atoms with Gasteiger partial charge in [0, 0.05) is 5.39 Å². The van der Waals surface area contributed by atoms with Crippen LogP contribution in [0.3, 0.4) is 0 Å². The zero-order chi connectivity index (χ0) is 18.0. The maximum atomic E-state index is 12.1. The summed E-state index contributed by atoms with van der Waals surface area (Å²) in [5, 5.41) is 36.7. The molecule has 1 heterocycles. The van der Waals surface area contributed by atoms with Gasteiger partial charge in [-0.1, -0.05) is 30.3 Å². The molecule has 0 saturated heterocycles. The van der Waals surface area contributed by atoms with Crippen LogP contribution in [0.5, 0.6) is 11.6 Å². The van der Waals surface area contributed by atoms with Crippen molar-refractivity contribution in [1.82, 2.24) is 4.57 Å². The van der Waals surface area contributed by atoms with Crippen LogP contribution >= 0.6 is 0 Å². The Morgan fingerprint density at radius 3 is 2.40 bits per heavy atom. The minimum absolute atomic E-state index is 0.0133. The van der Waals surface area contributed by atoms with Gasteiger partial charge in [-0.3, -0.25) is 14.2 Å². The molecular weight excluding hydrogens is 326 g/mol. The zero-order valence-electron chi connectivity index (χ0n) is 12.8. The largest absolute Gasteiger partial charge is 0.507 e. The normalized spacial score (nSPS) is 11.2. The summed E-state index contributed by atoms with van der Waals surface area (Å²) in [5.74, 6) is -2.56. The Balaban J connectivity index is 2.04. The topological polar surface area (TPSA) is 124 Å². The summed E-state index contributed by atoms with van der Waals surface area (Å²) in [6, 6.07) is 12.5. The number of amides is 1. The first-order chi connectivity index (χ1) is 12.0. The number of aromatic hydroxyl groups is 2. The molecule has 0 radical (unpaired) electrons. The van der Waals surface area contributed by atoms with Crippen molar-refractivity contribution in [2.45, 2.75) is 6.54 Å². The summed E-state index contributed by atoms with van der Waals surface area (Å²) in [7, 11) is 0. The molecule has 0 fully saturated rings. The number of hydrogen-bond donors (Lipinski definition) is 3. The van der Waals surface area contributed by atoms with E-state index in [4.69, 9.17) is 5.11 Å². The Labute approximate surface area is 141 Å². The molecule has 0 bridgehead atoms. The molecule has 0 unspecified atom stereocenters. The highest BCUT2D eigenvalue weighted by molar-refractivity contribution is 5.99. The second-order valence-corrected chi connectivity index (χ2v) is 5.19. The molecule has 0 aliphatic heterocycles. The van der Waals surface area contributed by atoms with Gasteiger partial charge in [-0.15, -0.1) is 10.2 Å². The molecule has 8 nitrogen and oxygen atoms in total. The van der Waals surface area contributed by atoms with Crippen LogP contribution in [-0.4, -0.2) is 31.8 Å². The minimum atomic E-state index is -1.13. The SMILES string of the molecule is O=C(O)Cn1c(O)c(N=NC(=O)c2ccccc2O)c2ccccc21. The van der Waals surface area contributed by atoms with Crippen molar-refractivity contribution in [2.24, 2.45) is 10.2 Å². The molecule has 25 heavy (non-hydrogen) atoms. The van der Waals surface area contributed by atoms with Crippen molar-refractivity contribution >= 4 is 28.5 Å². The quantitative estimate of drug-likeness (QED) is 0.630. The maximum Gasteiger partial charge on any atom is 0.323 e. The Bertz CT molecular complexity index is 1010. The van der Waals surface area contributed by atoms with E-state index >= 15 is 0 Å². The van der Waals surface area contributed by atoms with Crippen LogP contribution < -0.4 is 0 Å². The summed E-state index contributed by atoms with van der Waals surface area (Å²) >= 11 is 0. The van der Waals surface area contributed by atoms with E-state index in [9.17, 15) is 19.8 Å². The summed E-state index contributed by atoms with van der Waals surface area (Å²) in [5.41, 5.74) is 0.409. The van der Waals surface area contributed by atoms with Gasteiger partial charge in [0.1, 0.15) is 12.3 Å². The molecule has 0 saturated carbocycles. The van der Waals surface area contributed by atoms with Crippen LogP contribution in [0.15, 0.2) is 58.8 Å². The van der Waals surface area contributed by atoms with Crippen LogP contribution in [-0.2, 0) is 11.3 Å². The molecule has 2 aromatic carbocycles. The molecule has 0 spiro atoms. The average molecular weight is 339 g/mol. The molecule has 1 amide bonds. The standard InChI is InChI=1S/C17H13N3O5/c21-13-8-4-2-6-11(13)16(24)19-18-15-10-5-1-3-7-12(10)20(17(15)25)9-14(22)23/h1-8,21,25H,9H2,(H,22,23). The van der Waals surface area contributed by atoms with Gasteiger partial charge in [-0.05, 0) is 18.2 Å². The van der Waals surface area contributed by atoms with Crippen LogP contribution in [0, 0.1) is 0 Å². The number of aliphatic carboxylic acids is 1. The van der Waals surface area contributed by atoms with E-state index in [1.165, 1.54) is 12.1 Å². The van der Waals surface area contributed by atoms with Gasteiger partial charge >= 0.3 is 5.97 Å². The van der Waals surface area contributed by atoms with Gasteiger partial charge in [0.15, 0.2) is 5.69 Å². The van der Waals surface area contributed by atoms with Crippen molar-refractivity contribution in [1.29, 1.82) is 0 Å². The average Bonchev–Trinajstić information content (AvgIpc) is 2.85. The van der Waals surface area contributed by atoms with Crippen molar-refractivity contribution in [3.8, 4) is 11.6 Å². The summed E-state index contributed by atoms with van der Waals surface area (Å²) < 4.78 is 1.16. The first kappa shape index (κ1) is 16.2. The number of phenolic OH excluding ortho intramolecular Hbond substituents is 1. The number of carboxylic acids is 1. The number of nitrogens with zero attached hydrogens (tertiary/aromatic N) is 3. The van der Waals surface area contributed by atoms with Gasteiger partial charge in [-0.25, -0.2) is 0 Å². The number of fused-ring (bicyclic) bond motifs is 1. The van der Waals surface area contributed by atoms with Crippen LogP contribution in [0.25, 0.3) is 10.9 Å². The predicted molar refractivity (Wildman–Crippen MR) is 88.2 cm³/mol. The third-order valence-electron chi connectivity index (χ3n) is 3.59. The molecule has 1 aromatic heterocycles. The van der Waals surface area contributed by atoms with Gasteiger partial charge in [0.25, 0.3) is 5.91 Å². The Kier molecular flexibility index (Phi) is 4.17. The number of hydrogen-bond acceptors (Lipinski definition) is 5. The first-order valence-corrected chi connectivity index (χ1v) is 7.25. The zero-order valence-corrected chi connectivity index (χ0v) is 12.8. The van der Waals surface area contributed by atoms with Crippen molar-refractivity contribution < 1.29 is 24.9 Å². The second-order valence-electron chi connectivity index (χ2n) is 5.19. The van der Waals surface area contributed by atoms with E-state index in [0.717, 1.165) is 4.57 Å². The highest BCUT2D eigenvalue weighted by atomic mass is 16.4. The highest BCUT2D eigenvalue weighted by Gasteiger charge is 2.18. The Morgan fingerprint density at radius 2 is 1.68 bits per heavy atom. The van der Waals surface area contributed by atoms with Crippen LogP contribution in [0.4, 0.5) is 5.69 Å². The number of carboxylic acid groups (broad SMARTS) is 1. The lowest BCUT2D eigenvalue weighted by molar-refractivity contribution is -0.137. The molecule has 0 aliphatic rings. The summed E-state index contributed by atoms with van der Waals surface area (Å²) in [4.78, 5) is 23.1. The smallest absolute Gasteiger partial charge is 0.323 e. The first-order valence-electron chi connectivity index (χ1n) is 7.25. The van der Waals surface area contributed by atoms with Gasteiger partial charge < -0.3 is 15.3 Å². The number of carbonyl (C=O) groups excluding carboxylic acids is 1. The molecule has 3 rings (SSSR count). The molecule has 0 aliphatic carbocycles. The number of para-hydroxylation sites is 2. The number of azo groups is 1. The lowest BCUT2D eigenvalue weighted by atomic mass is 10.2. The predicted octanol–water partition coefficient (Wildman–Crippen LogP) is 3.06. The number of aromatic nitrogens is 1. The van der Waals surface area contributed by atoms with E-state index in [1.54, 1.807) is 36.4 Å². The van der Waals surface area contributed by atoms with Gasteiger partial charge in [0.2, 0.25) is 5.88 Å². The Morgan fingerprint density at radius 1 is 1.00 bits per heavy atom. The number of phenols is 1. The summed E-state index contributed by atoms with van der Waals surface area (Å²) in [6.45, 7) is -0.463. The van der Waals surface area contributed by atoms with E-state index in [-0.39, 0.29) is 17.0 Å².